The minimum absolute atomic E-state index is 0.0967. The van der Waals surface area contributed by atoms with Crippen molar-refractivity contribution in [2.45, 2.75) is 13.8 Å². The lowest BCUT2D eigenvalue weighted by molar-refractivity contribution is -0.385. The fourth-order valence-electron chi connectivity index (χ4n) is 3.44. The number of nitro groups is 1. The molecule has 0 N–H and O–H groups in total. The molecular formula is C23H17ClN6O3S. The molecule has 0 fully saturated rings. The van der Waals surface area contributed by atoms with Gasteiger partial charge in [0.1, 0.15) is 6.07 Å². The van der Waals surface area contributed by atoms with Gasteiger partial charge in [0.15, 0.2) is 11.6 Å². The average Bonchev–Trinajstić information content (AvgIpc) is 2.82. The normalized spacial score (nSPS) is 10.7. The van der Waals surface area contributed by atoms with Gasteiger partial charge in [-0.3, -0.25) is 19.4 Å². The molecule has 0 bridgehead atoms. The van der Waals surface area contributed by atoms with Crippen molar-refractivity contribution in [2.75, 3.05) is 10.9 Å². The first-order chi connectivity index (χ1) is 16.3. The lowest BCUT2D eigenvalue weighted by Gasteiger charge is -2.21. The second kappa shape index (κ2) is 9.51. The van der Waals surface area contributed by atoms with Crippen molar-refractivity contribution in [3.05, 3.63) is 75.2 Å². The van der Waals surface area contributed by atoms with Crippen LogP contribution in [0.2, 0.25) is 5.02 Å². The highest BCUT2D eigenvalue weighted by Crippen LogP contribution is 2.41. The van der Waals surface area contributed by atoms with Gasteiger partial charge in [0.2, 0.25) is 0 Å². The van der Waals surface area contributed by atoms with Crippen LogP contribution in [0.1, 0.15) is 18.2 Å². The van der Waals surface area contributed by atoms with E-state index in [1.807, 2.05) is 6.92 Å². The highest BCUT2D eigenvalue weighted by molar-refractivity contribution is 7.82. The number of ether oxygens (including phenoxy) is 1. The second-order valence-corrected chi connectivity index (χ2v) is 7.96. The molecule has 34 heavy (non-hydrogen) atoms. The maximum atomic E-state index is 11.7. The molecule has 9 nitrogen and oxygen atoms in total. The van der Waals surface area contributed by atoms with Crippen LogP contribution < -0.4 is 9.04 Å². The smallest absolute Gasteiger partial charge is 0.311 e. The Kier molecular flexibility index (Phi) is 6.49. The molecular weight excluding hydrogens is 476 g/mol. The van der Waals surface area contributed by atoms with E-state index in [1.165, 1.54) is 22.6 Å². The molecule has 0 radical (unpaired) electrons. The summed E-state index contributed by atoms with van der Waals surface area (Å²) in [6, 6.07) is 11.8. The maximum Gasteiger partial charge on any atom is 0.311 e. The van der Waals surface area contributed by atoms with E-state index in [4.69, 9.17) is 16.3 Å². The van der Waals surface area contributed by atoms with E-state index in [1.54, 1.807) is 37.4 Å². The van der Waals surface area contributed by atoms with Crippen molar-refractivity contribution in [1.82, 2.24) is 15.0 Å². The third-order valence-electron chi connectivity index (χ3n) is 4.98. The van der Waals surface area contributed by atoms with Gasteiger partial charge in [-0.2, -0.15) is 5.26 Å². The number of pyridine rings is 1. The minimum Gasteiger partial charge on any atom is -0.487 e. The van der Waals surface area contributed by atoms with E-state index < -0.39 is 4.92 Å². The largest absolute Gasteiger partial charge is 0.487 e. The van der Waals surface area contributed by atoms with E-state index in [9.17, 15) is 15.4 Å². The van der Waals surface area contributed by atoms with Crippen LogP contribution >= 0.6 is 24.4 Å². The first-order valence-electron chi connectivity index (χ1n) is 10.1. The summed E-state index contributed by atoms with van der Waals surface area (Å²) in [5, 5.41) is 22.1. The third-order valence-corrected chi connectivity index (χ3v) is 5.73. The highest BCUT2D eigenvalue weighted by atomic mass is 35.5. The topological polar surface area (TPSA) is 118 Å². The SMILES string of the molecule is CCOc1cc2ncc(C#N)c(N(S)c3ccc(-c4nccc(C)n4)c(Cl)c3)c2cc1[N+](=O)[O-]. The van der Waals surface area contributed by atoms with Gasteiger partial charge in [0.25, 0.3) is 0 Å². The average molecular weight is 493 g/mol. The monoisotopic (exact) mass is 492 g/mol. The Morgan fingerprint density at radius 3 is 2.71 bits per heavy atom. The van der Waals surface area contributed by atoms with Gasteiger partial charge in [-0.1, -0.05) is 24.4 Å². The maximum absolute atomic E-state index is 11.7. The molecule has 0 saturated carbocycles. The first-order valence-corrected chi connectivity index (χ1v) is 10.8. The molecule has 0 aliphatic rings. The Morgan fingerprint density at radius 1 is 1.26 bits per heavy atom. The Labute approximate surface area is 205 Å². The summed E-state index contributed by atoms with van der Waals surface area (Å²) in [5.74, 6) is 0.577. The van der Waals surface area contributed by atoms with Crippen molar-refractivity contribution < 1.29 is 9.66 Å². The summed E-state index contributed by atoms with van der Waals surface area (Å²) < 4.78 is 6.86. The van der Waals surface area contributed by atoms with E-state index in [0.717, 1.165) is 5.69 Å². The number of anilines is 2. The Balaban J connectivity index is 1.87. The summed E-state index contributed by atoms with van der Waals surface area (Å²) in [6.07, 6.45) is 3.04. The lowest BCUT2D eigenvalue weighted by atomic mass is 10.1. The number of rotatable bonds is 6. The molecule has 2 aromatic heterocycles. The molecule has 0 aliphatic heterocycles. The van der Waals surface area contributed by atoms with Gasteiger partial charge in [-0.15, -0.1) is 0 Å². The Hall–Kier alpha value is -3.94. The van der Waals surface area contributed by atoms with Crippen LogP contribution in [-0.2, 0) is 0 Å². The van der Waals surface area contributed by atoms with Crippen LogP contribution in [0.25, 0.3) is 22.3 Å². The Bertz CT molecular complexity index is 1470. The van der Waals surface area contributed by atoms with Crippen LogP contribution in [0.4, 0.5) is 17.1 Å². The molecule has 0 aliphatic carbocycles. The summed E-state index contributed by atoms with van der Waals surface area (Å²) in [7, 11) is 0. The number of halogens is 1. The first kappa shape index (κ1) is 23.2. The zero-order valence-electron chi connectivity index (χ0n) is 18.1. The van der Waals surface area contributed by atoms with Gasteiger partial charge < -0.3 is 4.74 Å². The number of hydrogen-bond donors (Lipinski definition) is 1. The number of aromatic nitrogens is 3. The molecule has 11 heteroatoms. The molecule has 0 unspecified atom stereocenters. The minimum atomic E-state index is -0.538. The number of nitro benzene ring substituents is 1. The molecule has 2 heterocycles. The van der Waals surface area contributed by atoms with Gasteiger partial charge in [-0.05, 0) is 38.1 Å². The van der Waals surface area contributed by atoms with Crippen molar-refractivity contribution in [1.29, 1.82) is 5.26 Å². The van der Waals surface area contributed by atoms with Gasteiger partial charge in [0, 0.05) is 41.2 Å². The molecule has 0 saturated heterocycles. The van der Waals surface area contributed by atoms with Crippen LogP contribution in [0.5, 0.6) is 5.75 Å². The van der Waals surface area contributed by atoms with Gasteiger partial charge in [-0.25, -0.2) is 9.97 Å². The predicted octanol–water partition coefficient (Wildman–Crippen LogP) is 5.82. The summed E-state index contributed by atoms with van der Waals surface area (Å²) >= 11 is 11.1. The van der Waals surface area contributed by atoms with Crippen molar-refractivity contribution >= 4 is 52.4 Å². The molecule has 4 aromatic rings. The fraction of sp³-hybridized carbons (Fsp3) is 0.130. The zero-order chi connectivity index (χ0) is 24.4. The van der Waals surface area contributed by atoms with Crippen molar-refractivity contribution in [3.63, 3.8) is 0 Å². The number of nitrogens with zero attached hydrogens (tertiary/aromatic N) is 6. The lowest BCUT2D eigenvalue weighted by Crippen LogP contribution is -2.07. The highest BCUT2D eigenvalue weighted by Gasteiger charge is 2.23. The van der Waals surface area contributed by atoms with Crippen LogP contribution in [0, 0.1) is 28.4 Å². The van der Waals surface area contributed by atoms with Crippen LogP contribution in [-0.4, -0.2) is 26.5 Å². The van der Waals surface area contributed by atoms with E-state index in [0.29, 0.717) is 38.7 Å². The second-order valence-electron chi connectivity index (χ2n) is 7.16. The van der Waals surface area contributed by atoms with E-state index in [2.05, 4.69) is 33.8 Å². The predicted molar refractivity (Wildman–Crippen MR) is 133 cm³/mol. The standard InChI is InChI=1S/C23H17ClN6O3S/c1-3-33-21-10-19-17(9-20(21)30(31)32)22(14(11-25)12-27-19)29(34)15-4-5-16(18(24)8-15)23-26-7-6-13(2)28-23/h4-10,12,34H,3H2,1-2H3. The third kappa shape index (κ3) is 4.31. The summed E-state index contributed by atoms with van der Waals surface area (Å²) in [4.78, 5) is 24.1. The van der Waals surface area contributed by atoms with Crippen LogP contribution in [0.3, 0.4) is 0 Å². The molecule has 4 rings (SSSR count). The number of fused-ring (bicyclic) bond motifs is 1. The quantitative estimate of drug-likeness (QED) is 0.203. The fourth-order valence-corrected chi connectivity index (χ4v) is 4.04. The number of hydrogen-bond acceptors (Lipinski definition) is 9. The number of nitriles is 1. The molecule has 0 atom stereocenters. The zero-order valence-corrected chi connectivity index (χ0v) is 19.7. The van der Waals surface area contributed by atoms with E-state index in [-0.39, 0.29) is 23.6 Å². The van der Waals surface area contributed by atoms with Crippen LogP contribution in [0.15, 0.2) is 48.8 Å². The van der Waals surface area contributed by atoms with E-state index >= 15 is 0 Å². The molecule has 2 aromatic carbocycles. The summed E-state index contributed by atoms with van der Waals surface area (Å²) in [5.41, 5.74) is 2.66. The number of thiol groups is 1. The van der Waals surface area contributed by atoms with Crippen molar-refractivity contribution in [3.8, 4) is 23.2 Å². The molecule has 0 amide bonds. The Morgan fingerprint density at radius 2 is 2.06 bits per heavy atom. The molecule has 170 valence electrons. The summed E-state index contributed by atoms with van der Waals surface area (Å²) in [6.45, 7) is 3.84. The van der Waals surface area contributed by atoms with Crippen molar-refractivity contribution in [2.24, 2.45) is 0 Å². The number of benzene rings is 2. The number of aryl methyl sites for hydroxylation is 1. The van der Waals surface area contributed by atoms with Gasteiger partial charge >= 0.3 is 5.69 Å². The van der Waals surface area contributed by atoms with Gasteiger partial charge in [0.05, 0.1) is 39.0 Å². The molecule has 0 spiro atoms.